The average Bonchev–Trinajstić information content (AvgIpc) is 2.98. The molecular formula is C14H25N3O3. The van der Waals surface area contributed by atoms with Crippen LogP contribution in [0.1, 0.15) is 19.3 Å². The summed E-state index contributed by atoms with van der Waals surface area (Å²) in [6, 6.07) is 0.0792. The van der Waals surface area contributed by atoms with Crippen molar-refractivity contribution < 1.29 is 14.3 Å². The summed E-state index contributed by atoms with van der Waals surface area (Å²) in [4.78, 5) is 27.2. The van der Waals surface area contributed by atoms with Crippen molar-refractivity contribution in [3.63, 3.8) is 0 Å². The Morgan fingerprint density at radius 3 is 2.50 bits per heavy atom. The Hall–Kier alpha value is -1.30. The summed E-state index contributed by atoms with van der Waals surface area (Å²) in [5.41, 5.74) is 0. The van der Waals surface area contributed by atoms with Crippen molar-refractivity contribution in [3.8, 4) is 0 Å². The molecule has 1 atom stereocenters. The zero-order chi connectivity index (χ0) is 14.5. The van der Waals surface area contributed by atoms with Crippen molar-refractivity contribution >= 4 is 11.9 Å². The van der Waals surface area contributed by atoms with Gasteiger partial charge in [0.1, 0.15) is 0 Å². The molecule has 2 fully saturated rings. The summed E-state index contributed by atoms with van der Waals surface area (Å²) in [6.45, 7) is 3.54. The number of amides is 3. The van der Waals surface area contributed by atoms with E-state index < -0.39 is 0 Å². The van der Waals surface area contributed by atoms with E-state index in [2.05, 4.69) is 5.32 Å². The van der Waals surface area contributed by atoms with Crippen LogP contribution in [0.5, 0.6) is 0 Å². The van der Waals surface area contributed by atoms with E-state index in [1.54, 1.807) is 19.0 Å². The van der Waals surface area contributed by atoms with Gasteiger partial charge in [-0.25, -0.2) is 4.79 Å². The van der Waals surface area contributed by atoms with Crippen molar-refractivity contribution in [2.75, 3.05) is 46.9 Å². The fourth-order valence-electron chi connectivity index (χ4n) is 2.74. The monoisotopic (exact) mass is 283 g/mol. The zero-order valence-corrected chi connectivity index (χ0v) is 12.4. The molecule has 2 heterocycles. The van der Waals surface area contributed by atoms with Gasteiger partial charge in [0.2, 0.25) is 5.91 Å². The Bertz CT molecular complexity index is 346. The Balaban J connectivity index is 1.66. The molecule has 0 spiro atoms. The lowest BCUT2D eigenvalue weighted by molar-refractivity contribution is -0.125. The van der Waals surface area contributed by atoms with Crippen LogP contribution in [-0.2, 0) is 9.53 Å². The second kappa shape index (κ2) is 6.92. The second-order valence-corrected chi connectivity index (χ2v) is 5.91. The SMILES string of the molecule is CN(C)C(=O)N1CCC(CNC(=O)C2CCOC2)CC1. The Morgan fingerprint density at radius 1 is 1.25 bits per heavy atom. The molecule has 6 nitrogen and oxygen atoms in total. The van der Waals surface area contributed by atoms with Gasteiger partial charge >= 0.3 is 6.03 Å². The maximum absolute atomic E-state index is 11.9. The average molecular weight is 283 g/mol. The molecule has 2 saturated heterocycles. The molecule has 2 aliphatic heterocycles. The van der Waals surface area contributed by atoms with E-state index in [0.29, 0.717) is 19.1 Å². The van der Waals surface area contributed by atoms with E-state index in [9.17, 15) is 9.59 Å². The van der Waals surface area contributed by atoms with Gasteiger partial charge in [0, 0.05) is 40.3 Å². The number of likely N-dealkylation sites (tertiary alicyclic amines) is 1. The van der Waals surface area contributed by atoms with Gasteiger partial charge in [0.25, 0.3) is 0 Å². The molecule has 0 saturated carbocycles. The second-order valence-electron chi connectivity index (χ2n) is 5.91. The summed E-state index contributed by atoms with van der Waals surface area (Å²) in [7, 11) is 3.55. The first-order valence-corrected chi connectivity index (χ1v) is 7.39. The van der Waals surface area contributed by atoms with Crippen LogP contribution in [0.2, 0.25) is 0 Å². The number of nitrogens with one attached hydrogen (secondary N) is 1. The number of piperidine rings is 1. The van der Waals surface area contributed by atoms with Crippen molar-refractivity contribution in [2.24, 2.45) is 11.8 Å². The highest BCUT2D eigenvalue weighted by Crippen LogP contribution is 2.18. The van der Waals surface area contributed by atoms with Gasteiger partial charge in [-0.1, -0.05) is 0 Å². The van der Waals surface area contributed by atoms with Crippen LogP contribution in [0.25, 0.3) is 0 Å². The molecule has 0 aromatic rings. The van der Waals surface area contributed by atoms with Gasteiger partial charge < -0.3 is 19.9 Å². The van der Waals surface area contributed by atoms with E-state index >= 15 is 0 Å². The topological polar surface area (TPSA) is 61.9 Å². The minimum absolute atomic E-state index is 0.0328. The van der Waals surface area contributed by atoms with Crippen molar-refractivity contribution in [2.45, 2.75) is 19.3 Å². The predicted octanol–water partition coefficient (Wildman–Crippen LogP) is 0.533. The lowest BCUT2D eigenvalue weighted by Crippen LogP contribution is -2.45. The first kappa shape index (κ1) is 15.1. The fourth-order valence-corrected chi connectivity index (χ4v) is 2.74. The molecule has 2 rings (SSSR count). The summed E-state index contributed by atoms with van der Waals surface area (Å²) < 4.78 is 5.22. The highest BCUT2D eigenvalue weighted by molar-refractivity contribution is 5.79. The number of carbonyl (C=O) groups excluding carboxylic acids is 2. The Morgan fingerprint density at radius 2 is 1.95 bits per heavy atom. The number of carbonyl (C=O) groups is 2. The van der Waals surface area contributed by atoms with Crippen LogP contribution in [0.15, 0.2) is 0 Å². The molecular weight excluding hydrogens is 258 g/mol. The molecule has 0 aliphatic carbocycles. The summed E-state index contributed by atoms with van der Waals surface area (Å²) in [6.07, 6.45) is 2.75. The highest BCUT2D eigenvalue weighted by Gasteiger charge is 2.26. The van der Waals surface area contributed by atoms with Crippen LogP contribution >= 0.6 is 0 Å². The first-order chi connectivity index (χ1) is 9.58. The minimum atomic E-state index is 0.0328. The molecule has 0 bridgehead atoms. The molecule has 114 valence electrons. The van der Waals surface area contributed by atoms with Crippen LogP contribution in [0.3, 0.4) is 0 Å². The van der Waals surface area contributed by atoms with E-state index in [4.69, 9.17) is 4.74 Å². The van der Waals surface area contributed by atoms with Gasteiger partial charge in [0.05, 0.1) is 12.5 Å². The third kappa shape index (κ3) is 3.85. The Labute approximate surface area is 120 Å². The number of rotatable bonds is 3. The molecule has 2 aliphatic rings. The fraction of sp³-hybridized carbons (Fsp3) is 0.857. The lowest BCUT2D eigenvalue weighted by atomic mass is 9.96. The summed E-state index contributed by atoms with van der Waals surface area (Å²) in [5.74, 6) is 0.632. The number of hydrogen-bond acceptors (Lipinski definition) is 3. The van der Waals surface area contributed by atoms with E-state index in [-0.39, 0.29) is 17.9 Å². The summed E-state index contributed by atoms with van der Waals surface area (Å²) >= 11 is 0. The smallest absolute Gasteiger partial charge is 0.319 e. The van der Waals surface area contributed by atoms with E-state index in [0.717, 1.165) is 38.9 Å². The van der Waals surface area contributed by atoms with Crippen molar-refractivity contribution in [1.82, 2.24) is 15.1 Å². The van der Waals surface area contributed by atoms with Crippen molar-refractivity contribution in [3.05, 3.63) is 0 Å². The molecule has 3 amide bonds. The normalized spacial score (nSPS) is 23.7. The predicted molar refractivity (Wildman–Crippen MR) is 75.3 cm³/mol. The third-order valence-electron chi connectivity index (χ3n) is 4.13. The van der Waals surface area contributed by atoms with Crippen LogP contribution in [0, 0.1) is 11.8 Å². The maximum Gasteiger partial charge on any atom is 0.319 e. The highest BCUT2D eigenvalue weighted by atomic mass is 16.5. The minimum Gasteiger partial charge on any atom is -0.381 e. The zero-order valence-electron chi connectivity index (χ0n) is 12.4. The van der Waals surface area contributed by atoms with Gasteiger partial charge in [-0.15, -0.1) is 0 Å². The lowest BCUT2D eigenvalue weighted by Gasteiger charge is -2.33. The molecule has 20 heavy (non-hydrogen) atoms. The van der Waals surface area contributed by atoms with Crippen LogP contribution in [0.4, 0.5) is 4.79 Å². The van der Waals surface area contributed by atoms with E-state index in [1.807, 2.05) is 4.90 Å². The molecule has 1 N–H and O–H groups in total. The standard InChI is InChI=1S/C14H25N3O3/c1-16(2)14(19)17-6-3-11(4-7-17)9-15-13(18)12-5-8-20-10-12/h11-12H,3-10H2,1-2H3,(H,15,18). The number of urea groups is 1. The number of hydrogen-bond donors (Lipinski definition) is 1. The van der Waals surface area contributed by atoms with Gasteiger partial charge in [0.15, 0.2) is 0 Å². The molecule has 6 heteroatoms. The van der Waals surface area contributed by atoms with Crippen LogP contribution in [-0.4, -0.2) is 68.7 Å². The number of ether oxygens (including phenoxy) is 1. The molecule has 1 unspecified atom stereocenters. The molecule has 0 aromatic carbocycles. The largest absolute Gasteiger partial charge is 0.381 e. The number of nitrogens with zero attached hydrogens (tertiary/aromatic N) is 2. The van der Waals surface area contributed by atoms with Gasteiger partial charge in [-0.05, 0) is 25.2 Å². The third-order valence-corrected chi connectivity index (χ3v) is 4.13. The molecule has 0 aromatic heterocycles. The quantitative estimate of drug-likeness (QED) is 0.822. The van der Waals surface area contributed by atoms with Gasteiger partial charge in [-0.3, -0.25) is 4.79 Å². The van der Waals surface area contributed by atoms with Crippen molar-refractivity contribution in [1.29, 1.82) is 0 Å². The first-order valence-electron chi connectivity index (χ1n) is 7.39. The summed E-state index contributed by atoms with van der Waals surface area (Å²) in [5, 5.41) is 3.03. The van der Waals surface area contributed by atoms with E-state index in [1.165, 1.54) is 0 Å². The van der Waals surface area contributed by atoms with Crippen LogP contribution < -0.4 is 5.32 Å². The maximum atomic E-state index is 11.9. The van der Waals surface area contributed by atoms with Gasteiger partial charge in [-0.2, -0.15) is 0 Å². The Kier molecular flexibility index (Phi) is 5.23. The molecule has 0 radical (unpaired) electrons.